The Morgan fingerprint density at radius 1 is 1.25 bits per heavy atom. The standard InChI is InChI=1S/C14H15ClO/c1-10-13(11-6-4-3-5-7-11)12(15)8-9-14(10,2)16/h3-10,16H,1-2H3. The first-order valence-corrected chi connectivity index (χ1v) is 5.77. The maximum Gasteiger partial charge on any atom is 0.0869 e. The van der Waals surface area contributed by atoms with Crippen molar-refractivity contribution in [3.63, 3.8) is 0 Å². The summed E-state index contributed by atoms with van der Waals surface area (Å²) in [5.41, 5.74) is 1.25. The molecule has 0 heterocycles. The highest BCUT2D eigenvalue weighted by molar-refractivity contribution is 6.34. The van der Waals surface area contributed by atoms with Crippen molar-refractivity contribution in [2.75, 3.05) is 0 Å². The molecule has 0 spiro atoms. The Balaban J connectivity index is 2.51. The van der Waals surface area contributed by atoms with Crippen LogP contribution in [0.5, 0.6) is 0 Å². The highest BCUT2D eigenvalue weighted by Gasteiger charge is 2.33. The van der Waals surface area contributed by atoms with E-state index in [1.165, 1.54) is 0 Å². The first-order chi connectivity index (χ1) is 7.52. The van der Waals surface area contributed by atoms with Gasteiger partial charge in [-0.25, -0.2) is 0 Å². The number of rotatable bonds is 1. The summed E-state index contributed by atoms with van der Waals surface area (Å²) in [5, 5.41) is 10.9. The van der Waals surface area contributed by atoms with Gasteiger partial charge in [-0.05, 0) is 24.1 Å². The molecule has 2 unspecified atom stereocenters. The lowest BCUT2D eigenvalue weighted by atomic mass is 9.78. The first kappa shape index (κ1) is 11.4. The molecule has 0 radical (unpaired) electrons. The van der Waals surface area contributed by atoms with Crippen molar-refractivity contribution in [1.82, 2.24) is 0 Å². The van der Waals surface area contributed by atoms with Crippen molar-refractivity contribution in [2.45, 2.75) is 19.4 Å². The topological polar surface area (TPSA) is 20.2 Å². The summed E-state index contributed by atoms with van der Waals surface area (Å²) in [5.74, 6) is -0.00704. The van der Waals surface area contributed by atoms with Gasteiger partial charge in [-0.1, -0.05) is 54.9 Å². The number of allylic oxidation sites excluding steroid dienone is 2. The van der Waals surface area contributed by atoms with Gasteiger partial charge < -0.3 is 5.11 Å². The minimum atomic E-state index is -0.830. The van der Waals surface area contributed by atoms with Crippen LogP contribution >= 0.6 is 11.6 Å². The molecule has 84 valence electrons. The molecule has 16 heavy (non-hydrogen) atoms. The minimum absolute atomic E-state index is 0.00704. The first-order valence-electron chi connectivity index (χ1n) is 5.39. The summed E-state index contributed by atoms with van der Waals surface area (Å²) in [6.07, 6.45) is 3.54. The van der Waals surface area contributed by atoms with Crippen molar-refractivity contribution in [2.24, 2.45) is 5.92 Å². The van der Waals surface area contributed by atoms with E-state index in [0.717, 1.165) is 11.1 Å². The maximum absolute atomic E-state index is 10.2. The lowest BCUT2D eigenvalue weighted by Gasteiger charge is -2.33. The Morgan fingerprint density at radius 2 is 1.88 bits per heavy atom. The van der Waals surface area contributed by atoms with Gasteiger partial charge in [0.1, 0.15) is 0 Å². The summed E-state index contributed by atoms with van der Waals surface area (Å²) in [4.78, 5) is 0. The summed E-state index contributed by atoms with van der Waals surface area (Å²) in [6, 6.07) is 9.96. The largest absolute Gasteiger partial charge is 0.385 e. The number of halogens is 1. The van der Waals surface area contributed by atoms with Gasteiger partial charge in [0.2, 0.25) is 0 Å². The van der Waals surface area contributed by atoms with E-state index < -0.39 is 5.60 Å². The van der Waals surface area contributed by atoms with Crippen LogP contribution in [0.25, 0.3) is 5.57 Å². The van der Waals surface area contributed by atoms with Crippen molar-refractivity contribution in [3.8, 4) is 0 Å². The molecule has 0 aliphatic heterocycles. The zero-order valence-corrected chi connectivity index (χ0v) is 10.2. The lowest BCUT2D eigenvalue weighted by molar-refractivity contribution is 0.0769. The SMILES string of the molecule is CC1C(c2ccccc2)=C(Cl)C=CC1(C)O. The summed E-state index contributed by atoms with van der Waals surface area (Å²) in [6.45, 7) is 3.80. The fourth-order valence-corrected chi connectivity index (χ4v) is 2.32. The third-order valence-electron chi connectivity index (χ3n) is 3.22. The van der Waals surface area contributed by atoms with E-state index in [4.69, 9.17) is 11.6 Å². The summed E-state index contributed by atoms with van der Waals surface area (Å²) in [7, 11) is 0. The van der Waals surface area contributed by atoms with Gasteiger partial charge in [0, 0.05) is 11.0 Å². The molecular formula is C14H15ClO. The van der Waals surface area contributed by atoms with Gasteiger partial charge in [0.15, 0.2) is 0 Å². The van der Waals surface area contributed by atoms with E-state index >= 15 is 0 Å². The van der Waals surface area contributed by atoms with Gasteiger partial charge in [0.05, 0.1) is 5.60 Å². The number of hydrogen-bond donors (Lipinski definition) is 1. The Bertz CT molecular complexity index is 443. The molecule has 2 rings (SSSR count). The highest BCUT2D eigenvalue weighted by atomic mass is 35.5. The van der Waals surface area contributed by atoms with Crippen molar-refractivity contribution in [1.29, 1.82) is 0 Å². The molecule has 1 aliphatic carbocycles. The Hall–Kier alpha value is -1.05. The molecule has 2 heteroatoms. The van der Waals surface area contributed by atoms with E-state index in [1.807, 2.05) is 37.3 Å². The average Bonchev–Trinajstić information content (AvgIpc) is 2.27. The molecule has 0 aromatic heterocycles. The summed E-state index contributed by atoms with van der Waals surface area (Å²) < 4.78 is 0. The van der Waals surface area contributed by atoms with Gasteiger partial charge in [-0.3, -0.25) is 0 Å². The smallest absolute Gasteiger partial charge is 0.0869 e. The maximum atomic E-state index is 10.2. The molecule has 1 aromatic carbocycles. The second kappa shape index (κ2) is 4.08. The van der Waals surface area contributed by atoms with E-state index in [-0.39, 0.29) is 5.92 Å². The quantitative estimate of drug-likeness (QED) is 0.787. The van der Waals surface area contributed by atoms with Crippen LogP contribution in [0.15, 0.2) is 47.5 Å². The average molecular weight is 235 g/mol. The van der Waals surface area contributed by atoms with Gasteiger partial charge in [-0.2, -0.15) is 0 Å². The second-order valence-corrected chi connectivity index (χ2v) is 4.82. The third-order valence-corrected chi connectivity index (χ3v) is 3.55. The minimum Gasteiger partial charge on any atom is -0.385 e. The van der Waals surface area contributed by atoms with Crippen LogP contribution in [0.1, 0.15) is 19.4 Å². The Morgan fingerprint density at radius 3 is 2.50 bits per heavy atom. The fraction of sp³-hybridized carbons (Fsp3) is 0.286. The molecule has 0 bridgehead atoms. The predicted octanol–water partition coefficient (Wildman–Crippen LogP) is 3.59. The molecule has 0 saturated heterocycles. The third kappa shape index (κ3) is 1.93. The van der Waals surface area contributed by atoms with Crippen LogP contribution in [0.2, 0.25) is 0 Å². The number of aliphatic hydroxyl groups is 1. The molecular weight excluding hydrogens is 220 g/mol. The van der Waals surface area contributed by atoms with Crippen LogP contribution in [0, 0.1) is 5.92 Å². The number of benzene rings is 1. The van der Waals surface area contributed by atoms with Crippen molar-refractivity contribution in [3.05, 3.63) is 53.1 Å². The highest BCUT2D eigenvalue weighted by Crippen LogP contribution is 2.40. The van der Waals surface area contributed by atoms with Gasteiger partial charge in [0.25, 0.3) is 0 Å². The molecule has 1 N–H and O–H groups in total. The Labute approximate surface area is 101 Å². The zero-order valence-electron chi connectivity index (χ0n) is 9.44. The van der Waals surface area contributed by atoms with Gasteiger partial charge >= 0.3 is 0 Å². The van der Waals surface area contributed by atoms with Crippen LogP contribution in [-0.2, 0) is 0 Å². The molecule has 0 saturated carbocycles. The molecule has 1 aliphatic rings. The number of hydrogen-bond acceptors (Lipinski definition) is 1. The fourth-order valence-electron chi connectivity index (χ4n) is 1.98. The van der Waals surface area contributed by atoms with Crippen LogP contribution < -0.4 is 0 Å². The predicted molar refractivity (Wildman–Crippen MR) is 68.1 cm³/mol. The zero-order chi connectivity index (χ0) is 11.8. The van der Waals surface area contributed by atoms with E-state index in [2.05, 4.69) is 0 Å². The van der Waals surface area contributed by atoms with Crippen molar-refractivity contribution >= 4 is 17.2 Å². The normalized spacial score (nSPS) is 29.6. The van der Waals surface area contributed by atoms with E-state index in [1.54, 1.807) is 19.1 Å². The van der Waals surface area contributed by atoms with E-state index in [0.29, 0.717) is 5.03 Å². The monoisotopic (exact) mass is 234 g/mol. The lowest BCUT2D eigenvalue weighted by Crippen LogP contribution is -2.33. The summed E-state index contributed by atoms with van der Waals surface area (Å²) >= 11 is 6.22. The second-order valence-electron chi connectivity index (χ2n) is 4.41. The molecule has 1 aromatic rings. The van der Waals surface area contributed by atoms with E-state index in [9.17, 15) is 5.11 Å². The molecule has 1 nitrogen and oxygen atoms in total. The molecule has 0 amide bonds. The Kier molecular flexibility index (Phi) is 2.92. The van der Waals surface area contributed by atoms with Crippen LogP contribution in [-0.4, -0.2) is 10.7 Å². The molecule has 2 atom stereocenters. The van der Waals surface area contributed by atoms with Crippen molar-refractivity contribution < 1.29 is 5.11 Å². The van der Waals surface area contributed by atoms with Gasteiger partial charge in [-0.15, -0.1) is 0 Å². The molecule has 0 fully saturated rings. The van der Waals surface area contributed by atoms with Crippen LogP contribution in [0.3, 0.4) is 0 Å². The van der Waals surface area contributed by atoms with Crippen LogP contribution in [0.4, 0.5) is 0 Å².